The van der Waals surface area contributed by atoms with Crippen LogP contribution in [-0.2, 0) is 19.1 Å². The van der Waals surface area contributed by atoms with Crippen molar-refractivity contribution in [2.45, 2.75) is 37.6 Å². The lowest BCUT2D eigenvalue weighted by atomic mass is 9.98. The quantitative estimate of drug-likeness (QED) is 0.463. The third kappa shape index (κ3) is 5.94. The molecule has 2 aliphatic carbocycles. The molecular formula is C26H30N2O6. The molecule has 2 aromatic rings. The van der Waals surface area contributed by atoms with E-state index in [1.165, 1.54) is 22.3 Å². The zero-order valence-corrected chi connectivity index (χ0v) is 19.0. The van der Waals surface area contributed by atoms with E-state index in [9.17, 15) is 14.4 Å². The normalized spacial score (nSPS) is 18.7. The Kier molecular flexibility index (Phi) is 7.80. The van der Waals surface area contributed by atoms with Crippen molar-refractivity contribution < 1.29 is 29.0 Å². The van der Waals surface area contributed by atoms with E-state index in [2.05, 4.69) is 34.9 Å². The number of ether oxygens (including phenoxy) is 2. The number of fused-ring (bicyclic) bond motifs is 3. The molecule has 2 atom stereocenters. The van der Waals surface area contributed by atoms with Crippen LogP contribution in [0.1, 0.15) is 42.7 Å². The Morgan fingerprint density at radius 3 is 2.32 bits per heavy atom. The predicted octanol–water partition coefficient (Wildman–Crippen LogP) is 3.30. The molecule has 4 rings (SSSR count). The number of carboxylic acids is 1. The molecule has 34 heavy (non-hydrogen) atoms. The van der Waals surface area contributed by atoms with Gasteiger partial charge in [0.2, 0.25) is 5.91 Å². The smallest absolute Gasteiger partial charge is 0.407 e. The van der Waals surface area contributed by atoms with Crippen molar-refractivity contribution in [3.8, 4) is 11.1 Å². The summed E-state index contributed by atoms with van der Waals surface area (Å²) in [6.07, 6.45) is 2.35. The fourth-order valence-electron chi connectivity index (χ4n) is 4.95. The molecule has 0 aromatic heterocycles. The number of carboxylic acid groups (broad SMARTS) is 1. The summed E-state index contributed by atoms with van der Waals surface area (Å²) in [5.74, 6) is -0.908. The number of carbonyl (C=O) groups is 3. The number of carbonyl (C=O) groups excluding carboxylic acids is 2. The van der Waals surface area contributed by atoms with E-state index in [0.717, 1.165) is 19.3 Å². The van der Waals surface area contributed by atoms with Crippen LogP contribution < -0.4 is 10.6 Å². The highest BCUT2D eigenvalue weighted by atomic mass is 16.5. The summed E-state index contributed by atoms with van der Waals surface area (Å²) < 4.78 is 10.5. The standard InChI is InChI=1S/C26H30N2O6/c29-24(27-11-12-33-16-25(30)31)14-17-9-10-18(13-17)28-26(32)34-15-23-21-7-3-1-5-19(21)20-6-2-4-8-22(20)23/h1-8,17-18,23H,9-16H2,(H,27,29)(H,28,32)(H,30,31). The zero-order chi connectivity index (χ0) is 23.9. The molecule has 1 fully saturated rings. The number of hydrogen-bond donors (Lipinski definition) is 3. The molecule has 0 spiro atoms. The highest BCUT2D eigenvalue weighted by Crippen LogP contribution is 2.44. The summed E-state index contributed by atoms with van der Waals surface area (Å²) in [4.78, 5) is 35.0. The lowest BCUT2D eigenvalue weighted by Crippen LogP contribution is -2.34. The van der Waals surface area contributed by atoms with E-state index in [1.54, 1.807) is 0 Å². The summed E-state index contributed by atoms with van der Waals surface area (Å²) >= 11 is 0. The van der Waals surface area contributed by atoms with Crippen molar-refractivity contribution in [2.24, 2.45) is 5.92 Å². The Balaban J connectivity index is 1.19. The van der Waals surface area contributed by atoms with Crippen LogP contribution in [0.5, 0.6) is 0 Å². The first-order valence-corrected chi connectivity index (χ1v) is 11.7. The Bertz CT molecular complexity index is 994. The summed E-state index contributed by atoms with van der Waals surface area (Å²) in [5, 5.41) is 14.2. The Labute approximate surface area is 198 Å². The zero-order valence-electron chi connectivity index (χ0n) is 19.0. The topological polar surface area (TPSA) is 114 Å². The third-order valence-electron chi connectivity index (χ3n) is 6.48. The number of benzene rings is 2. The third-order valence-corrected chi connectivity index (χ3v) is 6.48. The van der Waals surface area contributed by atoms with E-state index >= 15 is 0 Å². The first-order chi connectivity index (χ1) is 16.5. The number of alkyl carbamates (subject to hydrolysis) is 1. The minimum Gasteiger partial charge on any atom is -0.480 e. The average molecular weight is 467 g/mol. The Morgan fingerprint density at radius 1 is 0.971 bits per heavy atom. The van der Waals surface area contributed by atoms with E-state index in [0.29, 0.717) is 6.42 Å². The summed E-state index contributed by atoms with van der Waals surface area (Å²) in [7, 11) is 0. The van der Waals surface area contributed by atoms with Crippen molar-refractivity contribution in [1.82, 2.24) is 10.6 Å². The number of nitrogens with one attached hydrogen (secondary N) is 2. The SMILES string of the molecule is O=C(O)COCCNC(=O)CC1CCC(NC(=O)OCC2c3ccccc3-c3ccccc32)C1. The van der Waals surface area contributed by atoms with Crippen LogP contribution in [-0.4, -0.2) is 55.5 Å². The predicted molar refractivity (Wildman–Crippen MR) is 125 cm³/mol. The van der Waals surface area contributed by atoms with Crippen LogP contribution in [0, 0.1) is 5.92 Å². The second-order valence-corrected chi connectivity index (χ2v) is 8.85. The molecule has 8 nitrogen and oxygen atoms in total. The van der Waals surface area contributed by atoms with Gasteiger partial charge in [0, 0.05) is 24.9 Å². The molecular weight excluding hydrogens is 436 g/mol. The second kappa shape index (κ2) is 11.2. The van der Waals surface area contributed by atoms with Gasteiger partial charge >= 0.3 is 12.1 Å². The average Bonchev–Trinajstić information content (AvgIpc) is 3.39. The van der Waals surface area contributed by atoms with Gasteiger partial charge in [-0.2, -0.15) is 0 Å². The molecule has 2 aromatic carbocycles. The van der Waals surface area contributed by atoms with Gasteiger partial charge in [-0.1, -0.05) is 48.5 Å². The molecule has 2 aliphatic rings. The maximum absolute atomic E-state index is 12.5. The molecule has 180 valence electrons. The van der Waals surface area contributed by atoms with Gasteiger partial charge in [0.05, 0.1) is 6.61 Å². The first-order valence-electron chi connectivity index (χ1n) is 11.7. The van der Waals surface area contributed by atoms with Gasteiger partial charge in [0.1, 0.15) is 13.2 Å². The van der Waals surface area contributed by atoms with E-state index < -0.39 is 12.1 Å². The second-order valence-electron chi connectivity index (χ2n) is 8.85. The molecule has 2 amide bonds. The minimum absolute atomic E-state index is 0.00708. The molecule has 2 unspecified atom stereocenters. The molecule has 0 heterocycles. The van der Waals surface area contributed by atoms with Gasteiger partial charge in [-0.3, -0.25) is 4.79 Å². The summed E-state index contributed by atoms with van der Waals surface area (Å²) in [6, 6.07) is 16.4. The lowest BCUT2D eigenvalue weighted by molar-refractivity contribution is -0.142. The van der Waals surface area contributed by atoms with Crippen molar-refractivity contribution in [1.29, 1.82) is 0 Å². The van der Waals surface area contributed by atoms with E-state index in [1.807, 2.05) is 24.3 Å². The summed E-state index contributed by atoms with van der Waals surface area (Å²) in [5.41, 5.74) is 4.74. The monoisotopic (exact) mass is 466 g/mol. The number of amides is 2. The van der Waals surface area contributed by atoms with Crippen LogP contribution >= 0.6 is 0 Å². The molecule has 0 saturated heterocycles. The van der Waals surface area contributed by atoms with Gasteiger partial charge in [-0.15, -0.1) is 0 Å². The largest absolute Gasteiger partial charge is 0.480 e. The van der Waals surface area contributed by atoms with Crippen molar-refractivity contribution in [2.75, 3.05) is 26.4 Å². The van der Waals surface area contributed by atoms with Crippen LogP contribution in [0.25, 0.3) is 11.1 Å². The minimum atomic E-state index is -1.03. The van der Waals surface area contributed by atoms with Gasteiger partial charge in [-0.25, -0.2) is 9.59 Å². The molecule has 0 bridgehead atoms. The first kappa shape index (κ1) is 23.8. The molecule has 0 aliphatic heterocycles. The van der Waals surface area contributed by atoms with E-state index in [-0.39, 0.29) is 50.2 Å². The Morgan fingerprint density at radius 2 is 1.65 bits per heavy atom. The number of hydrogen-bond acceptors (Lipinski definition) is 5. The highest BCUT2D eigenvalue weighted by molar-refractivity contribution is 5.79. The van der Waals surface area contributed by atoms with Crippen LogP contribution in [0.15, 0.2) is 48.5 Å². The van der Waals surface area contributed by atoms with Crippen LogP contribution in [0.3, 0.4) is 0 Å². The molecule has 3 N–H and O–H groups in total. The van der Waals surface area contributed by atoms with Crippen molar-refractivity contribution in [3.63, 3.8) is 0 Å². The fraction of sp³-hybridized carbons (Fsp3) is 0.423. The fourth-order valence-corrected chi connectivity index (χ4v) is 4.95. The molecule has 8 heteroatoms. The lowest BCUT2D eigenvalue weighted by Gasteiger charge is -2.17. The van der Waals surface area contributed by atoms with Crippen molar-refractivity contribution in [3.05, 3.63) is 59.7 Å². The summed E-state index contributed by atoms with van der Waals surface area (Å²) in [6.45, 7) is 0.346. The van der Waals surface area contributed by atoms with Crippen molar-refractivity contribution >= 4 is 18.0 Å². The number of rotatable bonds is 10. The van der Waals surface area contributed by atoms with Gasteiger partial charge < -0.3 is 25.2 Å². The molecule has 1 saturated carbocycles. The maximum Gasteiger partial charge on any atom is 0.407 e. The van der Waals surface area contributed by atoms with Gasteiger partial charge in [0.25, 0.3) is 0 Å². The maximum atomic E-state index is 12.5. The van der Waals surface area contributed by atoms with Crippen LogP contribution in [0.2, 0.25) is 0 Å². The van der Waals surface area contributed by atoms with Gasteiger partial charge in [-0.05, 0) is 47.4 Å². The van der Waals surface area contributed by atoms with Gasteiger partial charge in [0.15, 0.2) is 0 Å². The van der Waals surface area contributed by atoms with E-state index in [4.69, 9.17) is 14.6 Å². The molecule has 0 radical (unpaired) electrons. The Hall–Kier alpha value is -3.39. The van der Waals surface area contributed by atoms with Crippen LogP contribution in [0.4, 0.5) is 4.79 Å². The highest BCUT2D eigenvalue weighted by Gasteiger charge is 2.31. The number of aliphatic carboxylic acids is 1.